The highest BCUT2D eigenvalue weighted by Gasteiger charge is 2.35. The zero-order valence-corrected chi connectivity index (χ0v) is 12.8. The highest BCUT2D eigenvalue weighted by Crippen LogP contribution is 2.42. The number of carbonyl (C=O) groups is 2. The van der Waals surface area contributed by atoms with Gasteiger partial charge in [-0.25, -0.2) is 0 Å². The molecule has 2 aromatic carbocycles. The number of phenolic OH excluding ortho intramolecular Hbond substituents is 2. The van der Waals surface area contributed by atoms with Crippen LogP contribution in [0.25, 0.3) is 0 Å². The third-order valence-electron chi connectivity index (χ3n) is 3.97. The van der Waals surface area contributed by atoms with Gasteiger partial charge >= 0.3 is 0 Å². The molecule has 1 aliphatic rings. The SMILES string of the molecule is COc1cc(O)c2c(c1)C(=O)c1cc(O)c(OC)c(C)c1C2=O. The van der Waals surface area contributed by atoms with E-state index >= 15 is 0 Å². The van der Waals surface area contributed by atoms with Crippen molar-refractivity contribution < 1.29 is 29.3 Å². The minimum Gasteiger partial charge on any atom is -0.507 e. The number of benzene rings is 2. The van der Waals surface area contributed by atoms with E-state index < -0.39 is 11.6 Å². The molecular formula is C17H14O6. The van der Waals surface area contributed by atoms with Gasteiger partial charge in [-0.15, -0.1) is 0 Å². The van der Waals surface area contributed by atoms with E-state index in [-0.39, 0.29) is 45.3 Å². The predicted octanol–water partition coefficient (Wildman–Crippen LogP) is 2.20. The average molecular weight is 314 g/mol. The number of fused-ring (bicyclic) bond motifs is 2. The van der Waals surface area contributed by atoms with E-state index in [9.17, 15) is 19.8 Å². The summed E-state index contributed by atoms with van der Waals surface area (Å²) in [5.74, 6) is -1.12. The van der Waals surface area contributed by atoms with Gasteiger partial charge in [-0.05, 0) is 19.1 Å². The number of phenols is 2. The second-order valence-corrected chi connectivity index (χ2v) is 5.20. The van der Waals surface area contributed by atoms with E-state index in [4.69, 9.17) is 9.47 Å². The van der Waals surface area contributed by atoms with E-state index in [0.717, 1.165) is 0 Å². The van der Waals surface area contributed by atoms with Crippen molar-refractivity contribution in [3.63, 3.8) is 0 Å². The van der Waals surface area contributed by atoms with Crippen LogP contribution in [0.5, 0.6) is 23.0 Å². The second-order valence-electron chi connectivity index (χ2n) is 5.20. The molecular weight excluding hydrogens is 300 g/mol. The zero-order valence-electron chi connectivity index (χ0n) is 12.8. The fraction of sp³-hybridized carbons (Fsp3) is 0.176. The summed E-state index contributed by atoms with van der Waals surface area (Å²) in [6.45, 7) is 1.58. The number of methoxy groups -OCH3 is 2. The van der Waals surface area contributed by atoms with Crippen LogP contribution < -0.4 is 9.47 Å². The molecule has 1 aliphatic carbocycles. The van der Waals surface area contributed by atoms with Gasteiger partial charge in [0, 0.05) is 28.3 Å². The maximum atomic E-state index is 12.8. The molecule has 2 N–H and O–H groups in total. The van der Waals surface area contributed by atoms with Crippen molar-refractivity contribution in [3.05, 3.63) is 46.0 Å². The summed E-state index contributed by atoms with van der Waals surface area (Å²) in [5, 5.41) is 20.1. The summed E-state index contributed by atoms with van der Waals surface area (Å²) in [6.07, 6.45) is 0. The summed E-state index contributed by atoms with van der Waals surface area (Å²) in [4.78, 5) is 25.5. The van der Waals surface area contributed by atoms with Gasteiger partial charge in [-0.1, -0.05) is 0 Å². The number of ether oxygens (including phenoxy) is 2. The first-order valence-corrected chi connectivity index (χ1v) is 6.81. The standard InChI is InChI=1S/C17H14O6/c1-7-13-10(6-12(19)17(7)23-3)15(20)9-4-8(22-2)5-11(18)14(9)16(13)21/h4-6,18-19H,1-3H3. The van der Waals surface area contributed by atoms with Gasteiger partial charge in [0.05, 0.1) is 19.8 Å². The summed E-state index contributed by atoms with van der Waals surface area (Å²) >= 11 is 0. The van der Waals surface area contributed by atoms with E-state index in [1.54, 1.807) is 6.92 Å². The number of hydrogen-bond donors (Lipinski definition) is 2. The number of rotatable bonds is 2. The Kier molecular flexibility index (Phi) is 3.25. The lowest BCUT2D eigenvalue weighted by molar-refractivity contribution is 0.0975. The van der Waals surface area contributed by atoms with Gasteiger partial charge in [0.15, 0.2) is 23.1 Å². The van der Waals surface area contributed by atoms with Crippen molar-refractivity contribution in [1.29, 1.82) is 0 Å². The fourth-order valence-corrected chi connectivity index (χ4v) is 2.92. The van der Waals surface area contributed by atoms with Crippen LogP contribution in [0.2, 0.25) is 0 Å². The van der Waals surface area contributed by atoms with Crippen molar-refractivity contribution in [2.45, 2.75) is 6.92 Å². The Morgan fingerprint density at radius 1 is 0.826 bits per heavy atom. The van der Waals surface area contributed by atoms with Crippen LogP contribution >= 0.6 is 0 Å². The molecule has 3 rings (SSSR count). The van der Waals surface area contributed by atoms with E-state index in [0.29, 0.717) is 5.56 Å². The molecule has 0 aromatic heterocycles. The minimum atomic E-state index is -0.495. The molecule has 0 heterocycles. The normalized spacial score (nSPS) is 12.7. The molecule has 0 amide bonds. The molecule has 6 heteroatoms. The Morgan fingerprint density at radius 2 is 1.48 bits per heavy atom. The Balaban J connectivity index is 2.36. The van der Waals surface area contributed by atoms with Gasteiger partial charge < -0.3 is 19.7 Å². The Labute approximate surface area is 131 Å². The molecule has 0 saturated heterocycles. The molecule has 0 unspecified atom stereocenters. The summed E-state index contributed by atoms with van der Waals surface area (Å²) in [5.41, 5.74) is 0.521. The van der Waals surface area contributed by atoms with Crippen molar-refractivity contribution in [2.75, 3.05) is 14.2 Å². The molecule has 0 spiro atoms. The number of carbonyl (C=O) groups excluding carboxylic acids is 2. The van der Waals surface area contributed by atoms with Gasteiger partial charge in [0.1, 0.15) is 11.5 Å². The number of hydrogen-bond acceptors (Lipinski definition) is 6. The van der Waals surface area contributed by atoms with Crippen molar-refractivity contribution >= 4 is 11.6 Å². The minimum absolute atomic E-state index is 0.0447. The third-order valence-corrected chi connectivity index (χ3v) is 3.97. The smallest absolute Gasteiger partial charge is 0.198 e. The molecule has 2 aromatic rings. The fourth-order valence-electron chi connectivity index (χ4n) is 2.92. The molecule has 118 valence electrons. The molecule has 0 radical (unpaired) electrons. The Morgan fingerprint density at radius 3 is 2.09 bits per heavy atom. The maximum Gasteiger partial charge on any atom is 0.198 e. The molecule has 0 aliphatic heterocycles. The van der Waals surface area contributed by atoms with Gasteiger partial charge in [-0.2, -0.15) is 0 Å². The van der Waals surface area contributed by atoms with E-state index in [2.05, 4.69) is 0 Å². The van der Waals surface area contributed by atoms with Crippen LogP contribution in [0.1, 0.15) is 37.4 Å². The van der Waals surface area contributed by atoms with E-state index in [1.807, 2.05) is 0 Å². The van der Waals surface area contributed by atoms with Crippen LogP contribution in [0.4, 0.5) is 0 Å². The molecule has 0 bridgehead atoms. The monoisotopic (exact) mass is 314 g/mol. The van der Waals surface area contributed by atoms with Crippen LogP contribution in [0.3, 0.4) is 0 Å². The Hall–Kier alpha value is -3.02. The van der Waals surface area contributed by atoms with Crippen molar-refractivity contribution in [2.24, 2.45) is 0 Å². The highest BCUT2D eigenvalue weighted by molar-refractivity contribution is 6.30. The largest absolute Gasteiger partial charge is 0.507 e. The van der Waals surface area contributed by atoms with Gasteiger partial charge in [0.25, 0.3) is 0 Å². The van der Waals surface area contributed by atoms with Crippen LogP contribution in [-0.4, -0.2) is 36.0 Å². The zero-order chi connectivity index (χ0) is 16.9. The average Bonchev–Trinajstić information content (AvgIpc) is 2.51. The lowest BCUT2D eigenvalue weighted by atomic mass is 9.81. The first-order chi connectivity index (χ1) is 10.9. The molecule has 6 nitrogen and oxygen atoms in total. The lowest BCUT2D eigenvalue weighted by Crippen LogP contribution is -2.22. The topological polar surface area (TPSA) is 93.1 Å². The third kappa shape index (κ3) is 1.95. The lowest BCUT2D eigenvalue weighted by Gasteiger charge is -2.22. The molecule has 0 atom stereocenters. The first-order valence-electron chi connectivity index (χ1n) is 6.81. The highest BCUT2D eigenvalue weighted by atomic mass is 16.5. The summed E-state index contributed by atoms with van der Waals surface area (Å²) < 4.78 is 10.1. The van der Waals surface area contributed by atoms with Crippen LogP contribution in [0, 0.1) is 6.92 Å². The molecule has 23 heavy (non-hydrogen) atoms. The predicted molar refractivity (Wildman–Crippen MR) is 80.9 cm³/mol. The summed E-state index contributed by atoms with van der Waals surface area (Å²) in [6, 6.07) is 3.89. The van der Waals surface area contributed by atoms with Gasteiger partial charge in [0.2, 0.25) is 0 Å². The Bertz CT molecular complexity index is 866. The second kappa shape index (κ2) is 5.01. The quantitative estimate of drug-likeness (QED) is 0.753. The van der Waals surface area contributed by atoms with Crippen molar-refractivity contribution in [1.82, 2.24) is 0 Å². The number of aromatic hydroxyl groups is 2. The van der Waals surface area contributed by atoms with Crippen molar-refractivity contribution in [3.8, 4) is 23.0 Å². The van der Waals surface area contributed by atoms with E-state index in [1.165, 1.54) is 32.4 Å². The van der Waals surface area contributed by atoms with Gasteiger partial charge in [-0.3, -0.25) is 9.59 Å². The molecule has 0 fully saturated rings. The molecule has 0 saturated carbocycles. The summed E-state index contributed by atoms with van der Waals surface area (Å²) in [7, 11) is 2.75. The first kappa shape index (κ1) is 14.9. The number of ketones is 2. The maximum absolute atomic E-state index is 12.8. The van der Waals surface area contributed by atoms with Crippen LogP contribution in [-0.2, 0) is 0 Å². The van der Waals surface area contributed by atoms with Crippen LogP contribution in [0.15, 0.2) is 18.2 Å².